The van der Waals surface area contributed by atoms with Crippen LogP contribution in [0.2, 0.25) is 0 Å². The Morgan fingerprint density at radius 2 is 2.31 bits per heavy atom. The van der Waals surface area contributed by atoms with Crippen LogP contribution in [-0.2, 0) is 0 Å². The van der Waals surface area contributed by atoms with Crippen molar-refractivity contribution < 1.29 is 10.2 Å². The second kappa shape index (κ2) is 7.29. The summed E-state index contributed by atoms with van der Waals surface area (Å²) in [7, 11) is 0. The zero-order chi connectivity index (χ0) is 12.0. The zero-order valence-corrected chi connectivity index (χ0v) is 11.0. The lowest BCUT2D eigenvalue weighted by atomic mass is 10.1. The topological polar surface area (TPSA) is 66.5 Å². The van der Waals surface area contributed by atoms with E-state index < -0.39 is 6.10 Å². The highest BCUT2D eigenvalue weighted by Gasteiger charge is 2.20. The fourth-order valence-electron chi connectivity index (χ4n) is 1.39. The maximum atomic E-state index is 9.35. The maximum Gasteiger partial charge on any atom is 0.0861 e. The largest absolute Gasteiger partial charge is 0.394 e. The average Bonchev–Trinajstić information content (AvgIpc) is 2.82. The van der Waals surface area contributed by atoms with Gasteiger partial charge in [0.1, 0.15) is 0 Å². The van der Waals surface area contributed by atoms with Gasteiger partial charge in [-0.2, -0.15) is 11.3 Å². The van der Waals surface area contributed by atoms with Gasteiger partial charge in [0.2, 0.25) is 0 Å². The molecule has 0 amide bonds. The smallest absolute Gasteiger partial charge is 0.0861 e. The van der Waals surface area contributed by atoms with Gasteiger partial charge in [0.25, 0.3) is 0 Å². The Morgan fingerprint density at radius 3 is 2.81 bits per heavy atom. The van der Waals surface area contributed by atoms with Gasteiger partial charge in [0.15, 0.2) is 0 Å². The van der Waals surface area contributed by atoms with Crippen LogP contribution in [0.4, 0.5) is 0 Å². The van der Waals surface area contributed by atoms with Crippen molar-refractivity contribution >= 4 is 23.1 Å². The summed E-state index contributed by atoms with van der Waals surface area (Å²) in [6.45, 7) is 1.87. The molecule has 92 valence electrons. The number of aliphatic hydroxyl groups is 2. The van der Waals surface area contributed by atoms with Gasteiger partial charge in [0.05, 0.1) is 12.7 Å². The van der Waals surface area contributed by atoms with E-state index in [0.717, 1.165) is 6.42 Å². The Bertz CT molecular complexity index is 280. The van der Waals surface area contributed by atoms with Gasteiger partial charge < -0.3 is 15.9 Å². The number of hydrogen-bond donors (Lipinski definition) is 3. The summed E-state index contributed by atoms with van der Waals surface area (Å²) >= 11 is 3.27. The van der Waals surface area contributed by atoms with Crippen molar-refractivity contribution in [2.24, 2.45) is 5.73 Å². The highest BCUT2D eigenvalue weighted by molar-refractivity contribution is 7.99. The minimum absolute atomic E-state index is 0.0884. The summed E-state index contributed by atoms with van der Waals surface area (Å²) in [6, 6.07) is 2.16. The molecule has 0 aliphatic carbocycles. The fraction of sp³-hybridized carbons (Fsp3) is 0.636. The van der Waals surface area contributed by atoms with Gasteiger partial charge in [-0.15, -0.1) is 11.8 Å². The Morgan fingerprint density at radius 1 is 1.56 bits per heavy atom. The van der Waals surface area contributed by atoms with E-state index in [1.165, 1.54) is 5.56 Å². The molecule has 0 saturated carbocycles. The average molecular weight is 261 g/mol. The molecule has 0 spiro atoms. The number of thioether (sulfide) groups is 1. The molecule has 0 aromatic carbocycles. The van der Waals surface area contributed by atoms with E-state index in [1.807, 2.05) is 5.38 Å². The maximum absolute atomic E-state index is 9.35. The predicted molar refractivity (Wildman–Crippen MR) is 70.9 cm³/mol. The number of aliphatic hydroxyl groups excluding tert-OH is 2. The van der Waals surface area contributed by atoms with Gasteiger partial charge in [-0.25, -0.2) is 0 Å². The van der Waals surface area contributed by atoms with E-state index >= 15 is 0 Å². The number of hydrogen-bond acceptors (Lipinski definition) is 5. The van der Waals surface area contributed by atoms with Gasteiger partial charge in [0, 0.05) is 17.0 Å². The van der Waals surface area contributed by atoms with E-state index in [0.29, 0.717) is 5.75 Å². The van der Waals surface area contributed by atoms with E-state index in [1.54, 1.807) is 23.1 Å². The molecule has 0 fully saturated rings. The van der Waals surface area contributed by atoms with Crippen LogP contribution in [0.15, 0.2) is 16.8 Å². The van der Waals surface area contributed by atoms with Crippen molar-refractivity contribution in [3.05, 3.63) is 22.4 Å². The molecule has 1 aromatic rings. The van der Waals surface area contributed by atoms with E-state index in [9.17, 15) is 5.11 Å². The lowest BCUT2D eigenvalue weighted by molar-refractivity contribution is 0.113. The van der Waals surface area contributed by atoms with Crippen LogP contribution in [0.5, 0.6) is 0 Å². The molecule has 1 heterocycles. The van der Waals surface area contributed by atoms with Crippen LogP contribution in [0.1, 0.15) is 24.2 Å². The minimum Gasteiger partial charge on any atom is -0.394 e. The predicted octanol–water partition coefficient (Wildman–Crippen LogP) is 1.61. The summed E-state index contributed by atoms with van der Waals surface area (Å²) < 4.78 is 0. The van der Waals surface area contributed by atoms with Crippen LogP contribution >= 0.6 is 23.1 Å². The summed E-state index contributed by atoms with van der Waals surface area (Å²) in [4.78, 5) is 0. The van der Waals surface area contributed by atoms with Crippen LogP contribution < -0.4 is 5.73 Å². The molecule has 3 unspecified atom stereocenters. The summed E-state index contributed by atoms with van der Waals surface area (Å²) in [5, 5.41) is 22.5. The number of nitrogens with two attached hydrogens (primary N) is 1. The molecule has 0 saturated heterocycles. The number of thiophene rings is 1. The number of rotatable bonds is 7. The van der Waals surface area contributed by atoms with Gasteiger partial charge in [-0.3, -0.25) is 0 Å². The fourth-order valence-corrected chi connectivity index (χ4v) is 3.48. The second-order valence-electron chi connectivity index (χ2n) is 3.72. The molecule has 0 radical (unpaired) electrons. The first kappa shape index (κ1) is 14.0. The first-order chi connectivity index (χ1) is 7.69. The van der Waals surface area contributed by atoms with Crippen molar-refractivity contribution in [1.82, 2.24) is 0 Å². The second-order valence-corrected chi connectivity index (χ2v) is 5.67. The zero-order valence-electron chi connectivity index (χ0n) is 9.37. The van der Waals surface area contributed by atoms with Crippen molar-refractivity contribution in [3.8, 4) is 0 Å². The quantitative estimate of drug-likeness (QED) is 0.697. The molecular formula is C11H19NO2S2. The third kappa shape index (κ3) is 4.07. The SMILES string of the molecule is CCC(N)C(SCC(O)CO)c1ccsc1. The molecule has 0 aliphatic heterocycles. The van der Waals surface area contributed by atoms with E-state index in [4.69, 9.17) is 10.8 Å². The van der Waals surface area contributed by atoms with Crippen molar-refractivity contribution in [2.75, 3.05) is 12.4 Å². The van der Waals surface area contributed by atoms with Crippen LogP contribution in [0.3, 0.4) is 0 Å². The highest BCUT2D eigenvalue weighted by atomic mass is 32.2. The Labute approximate surface area is 105 Å². The van der Waals surface area contributed by atoms with E-state index in [2.05, 4.69) is 18.4 Å². The Hall–Kier alpha value is -0.0700. The molecule has 3 nitrogen and oxygen atoms in total. The lowest BCUT2D eigenvalue weighted by Crippen LogP contribution is -2.27. The van der Waals surface area contributed by atoms with E-state index in [-0.39, 0.29) is 17.9 Å². The van der Waals surface area contributed by atoms with Crippen molar-refractivity contribution in [3.63, 3.8) is 0 Å². The molecule has 0 bridgehead atoms. The first-order valence-corrected chi connectivity index (χ1v) is 7.36. The Kier molecular flexibility index (Phi) is 6.38. The summed E-state index contributed by atoms with van der Waals surface area (Å²) in [5.41, 5.74) is 7.29. The standard InChI is InChI=1S/C11H19NO2S2/c1-2-10(12)11(8-3-4-15-6-8)16-7-9(14)5-13/h3-4,6,9-11,13-14H,2,5,7,12H2,1H3. The molecule has 4 N–H and O–H groups in total. The van der Waals surface area contributed by atoms with Gasteiger partial charge >= 0.3 is 0 Å². The van der Waals surface area contributed by atoms with Crippen molar-refractivity contribution in [1.29, 1.82) is 0 Å². The highest BCUT2D eigenvalue weighted by Crippen LogP contribution is 2.34. The normalized spacial score (nSPS) is 17.0. The first-order valence-electron chi connectivity index (χ1n) is 5.37. The molecule has 5 heteroatoms. The molecule has 1 aromatic heterocycles. The molecule has 16 heavy (non-hydrogen) atoms. The summed E-state index contributed by atoms with van der Waals surface area (Å²) in [5.74, 6) is 0.519. The third-order valence-corrected chi connectivity index (χ3v) is 4.67. The van der Waals surface area contributed by atoms with Crippen LogP contribution in [0, 0.1) is 0 Å². The van der Waals surface area contributed by atoms with Crippen LogP contribution in [0.25, 0.3) is 0 Å². The summed E-state index contributed by atoms with van der Waals surface area (Å²) in [6.07, 6.45) is 0.248. The van der Waals surface area contributed by atoms with Gasteiger partial charge in [-0.05, 0) is 28.8 Å². The lowest BCUT2D eigenvalue weighted by Gasteiger charge is -2.22. The van der Waals surface area contributed by atoms with Gasteiger partial charge in [-0.1, -0.05) is 6.92 Å². The monoisotopic (exact) mass is 261 g/mol. The Balaban J connectivity index is 2.58. The molecular weight excluding hydrogens is 242 g/mol. The molecule has 0 aliphatic rings. The minimum atomic E-state index is -0.657. The molecule has 1 rings (SSSR count). The van der Waals surface area contributed by atoms with Crippen LogP contribution in [-0.4, -0.2) is 34.7 Å². The third-order valence-electron chi connectivity index (χ3n) is 2.41. The molecule has 3 atom stereocenters. The van der Waals surface area contributed by atoms with Crippen molar-refractivity contribution in [2.45, 2.75) is 30.7 Å².